The lowest BCUT2D eigenvalue weighted by Gasteiger charge is -2.04. The van der Waals surface area contributed by atoms with Crippen LogP contribution in [0.5, 0.6) is 0 Å². The molecule has 2 nitrogen and oxygen atoms in total. The minimum atomic E-state index is -0.713. The van der Waals surface area contributed by atoms with Gasteiger partial charge in [0.15, 0.2) is 0 Å². The van der Waals surface area contributed by atoms with Crippen molar-refractivity contribution >= 4 is 5.97 Å². The Morgan fingerprint density at radius 2 is 1.24 bits per heavy atom. The van der Waals surface area contributed by atoms with Gasteiger partial charge in [0.25, 0.3) is 0 Å². The SMILES string of the molecule is CCCCCCCC/C=C(/CCCCCCCC)C(=O)O. The molecule has 0 aromatic heterocycles. The third kappa shape index (κ3) is 13.9. The maximum absolute atomic E-state index is 11.2. The van der Waals surface area contributed by atoms with Gasteiger partial charge < -0.3 is 5.11 Å². The van der Waals surface area contributed by atoms with Gasteiger partial charge in [0.1, 0.15) is 0 Å². The Hall–Kier alpha value is -0.790. The van der Waals surface area contributed by atoms with Crippen molar-refractivity contribution in [2.24, 2.45) is 0 Å². The Kier molecular flexibility index (Phi) is 15.0. The predicted octanol–water partition coefficient (Wildman–Crippen LogP) is 6.50. The molecule has 0 aromatic rings. The molecule has 0 spiro atoms. The number of hydrogen-bond donors (Lipinski definition) is 1. The number of aliphatic carboxylic acids is 1. The lowest BCUT2D eigenvalue weighted by atomic mass is 10.0. The molecule has 0 aliphatic rings. The first kappa shape index (κ1) is 20.2. The maximum atomic E-state index is 11.2. The van der Waals surface area contributed by atoms with Crippen molar-refractivity contribution in [2.75, 3.05) is 0 Å². The van der Waals surface area contributed by atoms with E-state index < -0.39 is 5.97 Å². The van der Waals surface area contributed by atoms with Gasteiger partial charge in [0, 0.05) is 5.57 Å². The lowest BCUT2D eigenvalue weighted by molar-refractivity contribution is -0.132. The van der Waals surface area contributed by atoms with Crippen molar-refractivity contribution in [2.45, 2.75) is 104 Å². The molecule has 0 heterocycles. The van der Waals surface area contributed by atoms with Crippen molar-refractivity contribution in [1.82, 2.24) is 0 Å². The second-order valence-electron chi connectivity index (χ2n) is 6.11. The summed E-state index contributed by atoms with van der Waals surface area (Å²) < 4.78 is 0. The molecule has 0 unspecified atom stereocenters. The third-order valence-electron chi connectivity index (χ3n) is 4.02. The van der Waals surface area contributed by atoms with Gasteiger partial charge in [-0.3, -0.25) is 0 Å². The number of allylic oxidation sites excluding steroid dienone is 1. The lowest BCUT2D eigenvalue weighted by Crippen LogP contribution is -2.00. The van der Waals surface area contributed by atoms with Crippen LogP contribution in [0.3, 0.4) is 0 Å². The maximum Gasteiger partial charge on any atom is 0.331 e. The Labute approximate surface area is 132 Å². The Balaban J connectivity index is 3.69. The molecule has 0 radical (unpaired) electrons. The van der Waals surface area contributed by atoms with Gasteiger partial charge in [-0.05, 0) is 25.7 Å². The summed E-state index contributed by atoms with van der Waals surface area (Å²) >= 11 is 0. The minimum Gasteiger partial charge on any atom is -0.478 e. The van der Waals surface area contributed by atoms with E-state index in [0.29, 0.717) is 5.57 Å². The van der Waals surface area contributed by atoms with Crippen LogP contribution in [0, 0.1) is 0 Å². The number of unbranched alkanes of at least 4 members (excludes halogenated alkanes) is 11. The zero-order valence-corrected chi connectivity index (χ0v) is 14.3. The largest absolute Gasteiger partial charge is 0.478 e. The van der Waals surface area contributed by atoms with E-state index in [-0.39, 0.29) is 0 Å². The van der Waals surface area contributed by atoms with Crippen molar-refractivity contribution < 1.29 is 9.90 Å². The number of hydrogen-bond acceptors (Lipinski definition) is 1. The van der Waals surface area contributed by atoms with E-state index in [4.69, 9.17) is 0 Å². The normalized spacial score (nSPS) is 11.8. The summed E-state index contributed by atoms with van der Waals surface area (Å²) in [4.78, 5) is 11.2. The Bertz CT molecular complexity index is 269. The molecule has 21 heavy (non-hydrogen) atoms. The smallest absolute Gasteiger partial charge is 0.331 e. The van der Waals surface area contributed by atoms with Crippen LogP contribution < -0.4 is 0 Å². The molecule has 1 N–H and O–H groups in total. The van der Waals surface area contributed by atoms with E-state index in [1.54, 1.807) is 0 Å². The molecular formula is C19H36O2. The standard InChI is InChI=1S/C19H36O2/c1-3-5-7-9-11-13-15-17-18(19(20)21)16-14-12-10-8-6-4-2/h17H,3-16H2,1-2H3,(H,20,21)/b18-17-. The summed E-state index contributed by atoms with van der Waals surface area (Å²) in [6, 6.07) is 0. The highest BCUT2D eigenvalue weighted by Crippen LogP contribution is 2.14. The summed E-state index contributed by atoms with van der Waals surface area (Å²) in [6.07, 6.45) is 18.5. The van der Waals surface area contributed by atoms with Crippen molar-refractivity contribution in [3.05, 3.63) is 11.6 Å². The number of carboxylic acids is 1. The topological polar surface area (TPSA) is 37.3 Å². The van der Waals surface area contributed by atoms with Crippen LogP contribution in [-0.2, 0) is 4.79 Å². The summed E-state index contributed by atoms with van der Waals surface area (Å²) in [7, 11) is 0. The highest BCUT2D eigenvalue weighted by molar-refractivity contribution is 5.86. The van der Waals surface area contributed by atoms with Crippen molar-refractivity contribution in [1.29, 1.82) is 0 Å². The van der Waals surface area contributed by atoms with Gasteiger partial charge in [-0.25, -0.2) is 4.79 Å². The quantitative estimate of drug-likeness (QED) is 0.277. The van der Waals surface area contributed by atoms with Crippen LogP contribution in [0.15, 0.2) is 11.6 Å². The summed E-state index contributed by atoms with van der Waals surface area (Å²) in [5.41, 5.74) is 0.638. The minimum absolute atomic E-state index is 0.638. The van der Waals surface area contributed by atoms with Gasteiger partial charge in [0.05, 0.1) is 0 Å². The molecule has 0 atom stereocenters. The second-order valence-corrected chi connectivity index (χ2v) is 6.11. The van der Waals surface area contributed by atoms with Crippen LogP contribution in [0.2, 0.25) is 0 Å². The Morgan fingerprint density at radius 3 is 1.76 bits per heavy atom. The van der Waals surface area contributed by atoms with Gasteiger partial charge in [0.2, 0.25) is 0 Å². The Morgan fingerprint density at radius 1 is 0.762 bits per heavy atom. The van der Waals surface area contributed by atoms with Gasteiger partial charge in [-0.2, -0.15) is 0 Å². The van der Waals surface area contributed by atoms with Crippen molar-refractivity contribution in [3.63, 3.8) is 0 Å². The van der Waals surface area contributed by atoms with E-state index in [1.165, 1.54) is 64.2 Å². The zero-order chi connectivity index (χ0) is 15.8. The van der Waals surface area contributed by atoms with Crippen molar-refractivity contribution in [3.8, 4) is 0 Å². The molecule has 0 aliphatic heterocycles. The molecule has 2 heteroatoms. The highest BCUT2D eigenvalue weighted by atomic mass is 16.4. The van der Waals surface area contributed by atoms with Gasteiger partial charge >= 0.3 is 5.97 Å². The first-order chi connectivity index (χ1) is 10.2. The molecule has 0 saturated carbocycles. The molecule has 0 bridgehead atoms. The third-order valence-corrected chi connectivity index (χ3v) is 4.02. The second kappa shape index (κ2) is 15.6. The molecule has 0 aliphatic carbocycles. The summed E-state index contributed by atoms with van der Waals surface area (Å²) in [5, 5.41) is 9.22. The molecule has 0 fully saturated rings. The highest BCUT2D eigenvalue weighted by Gasteiger charge is 2.06. The summed E-state index contributed by atoms with van der Waals surface area (Å²) in [6.45, 7) is 4.44. The molecule has 0 rings (SSSR count). The van der Waals surface area contributed by atoms with Crippen LogP contribution >= 0.6 is 0 Å². The zero-order valence-electron chi connectivity index (χ0n) is 14.3. The van der Waals surface area contributed by atoms with Crippen LogP contribution in [0.1, 0.15) is 104 Å². The number of carboxylic acid groups (broad SMARTS) is 1. The molecule has 0 aromatic carbocycles. The molecular weight excluding hydrogens is 260 g/mol. The fourth-order valence-electron chi connectivity index (χ4n) is 2.59. The average molecular weight is 296 g/mol. The first-order valence-corrected chi connectivity index (χ1v) is 9.14. The van der Waals surface area contributed by atoms with E-state index in [1.807, 2.05) is 6.08 Å². The van der Waals surface area contributed by atoms with E-state index in [0.717, 1.165) is 25.7 Å². The number of carbonyl (C=O) groups is 1. The van der Waals surface area contributed by atoms with Crippen LogP contribution in [0.4, 0.5) is 0 Å². The van der Waals surface area contributed by atoms with Gasteiger partial charge in [-0.15, -0.1) is 0 Å². The van der Waals surface area contributed by atoms with E-state index in [9.17, 15) is 9.90 Å². The molecule has 124 valence electrons. The molecule has 0 amide bonds. The predicted molar refractivity (Wildman–Crippen MR) is 91.7 cm³/mol. The fraction of sp³-hybridized carbons (Fsp3) is 0.842. The summed E-state index contributed by atoms with van der Waals surface area (Å²) in [5.74, 6) is -0.713. The van der Waals surface area contributed by atoms with E-state index in [2.05, 4.69) is 13.8 Å². The first-order valence-electron chi connectivity index (χ1n) is 9.14. The van der Waals surface area contributed by atoms with E-state index >= 15 is 0 Å². The fourth-order valence-corrected chi connectivity index (χ4v) is 2.59. The van der Waals surface area contributed by atoms with Crippen LogP contribution in [0.25, 0.3) is 0 Å². The number of rotatable bonds is 15. The van der Waals surface area contributed by atoms with Gasteiger partial charge in [-0.1, -0.05) is 84.1 Å². The average Bonchev–Trinajstić information content (AvgIpc) is 2.47. The molecule has 0 saturated heterocycles. The van der Waals surface area contributed by atoms with Crippen LogP contribution in [-0.4, -0.2) is 11.1 Å². The monoisotopic (exact) mass is 296 g/mol.